The first-order valence-electron chi connectivity index (χ1n) is 4.92. The number of nitrogens with one attached hydrogen (secondary N) is 1. The van der Waals surface area contributed by atoms with Gasteiger partial charge < -0.3 is 5.32 Å². The summed E-state index contributed by atoms with van der Waals surface area (Å²) in [7, 11) is 0. The SMILES string of the molecule is Cc1c(Cl)cccc1SCC1=NCCN1.Cl. The fraction of sp³-hybridized carbons (Fsp3) is 0.364. The quantitative estimate of drug-likeness (QED) is 0.858. The lowest BCUT2D eigenvalue weighted by Crippen LogP contribution is -2.20. The molecular formula is C11H14Cl2N2S. The summed E-state index contributed by atoms with van der Waals surface area (Å²) in [5.41, 5.74) is 1.16. The lowest BCUT2D eigenvalue weighted by atomic mass is 10.2. The number of rotatable bonds is 3. The molecule has 0 aliphatic carbocycles. The van der Waals surface area contributed by atoms with E-state index < -0.39 is 0 Å². The first-order valence-corrected chi connectivity index (χ1v) is 6.29. The lowest BCUT2D eigenvalue weighted by Gasteiger charge is -2.07. The predicted octanol–water partition coefficient (Wildman–Crippen LogP) is 3.16. The molecule has 0 saturated heterocycles. The minimum absolute atomic E-state index is 0. The smallest absolute Gasteiger partial charge is 0.107 e. The van der Waals surface area contributed by atoms with Crippen molar-refractivity contribution in [1.29, 1.82) is 0 Å². The first-order chi connectivity index (χ1) is 7.27. The van der Waals surface area contributed by atoms with E-state index in [1.807, 2.05) is 12.1 Å². The number of thioether (sulfide) groups is 1. The van der Waals surface area contributed by atoms with Crippen LogP contribution in [0.15, 0.2) is 28.1 Å². The molecule has 0 fully saturated rings. The third-order valence-electron chi connectivity index (χ3n) is 2.33. The van der Waals surface area contributed by atoms with Crippen molar-refractivity contribution >= 4 is 41.6 Å². The Bertz CT molecular complexity index is 394. The highest BCUT2D eigenvalue weighted by Crippen LogP contribution is 2.27. The molecule has 1 N–H and O–H groups in total. The van der Waals surface area contributed by atoms with Crippen LogP contribution in [-0.4, -0.2) is 24.7 Å². The molecule has 88 valence electrons. The summed E-state index contributed by atoms with van der Waals surface area (Å²) in [6.45, 7) is 3.93. The van der Waals surface area contributed by atoms with Gasteiger partial charge in [0.25, 0.3) is 0 Å². The van der Waals surface area contributed by atoms with E-state index in [1.54, 1.807) is 11.8 Å². The van der Waals surface area contributed by atoms with Crippen LogP contribution in [-0.2, 0) is 0 Å². The van der Waals surface area contributed by atoms with Gasteiger partial charge >= 0.3 is 0 Å². The van der Waals surface area contributed by atoms with E-state index >= 15 is 0 Å². The van der Waals surface area contributed by atoms with Gasteiger partial charge in [0.1, 0.15) is 5.84 Å². The second-order valence-electron chi connectivity index (χ2n) is 3.41. The summed E-state index contributed by atoms with van der Waals surface area (Å²) in [5.74, 6) is 2.00. The number of nitrogens with zero attached hydrogens (tertiary/aromatic N) is 1. The zero-order valence-electron chi connectivity index (χ0n) is 9.00. The van der Waals surface area contributed by atoms with Gasteiger partial charge in [-0.05, 0) is 24.6 Å². The molecule has 16 heavy (non-hydrogen) atoms. The van der Waals surface area contributed by atoms with Crippen molar-refractivity contribution in [1.82, 2.24) is 5.32 Å². The number of hydrogen-bond donors (Lipinski definition) is 1. The molecule has 1 aliphatic heterocycles. The zero-order chi connectivity index (χ0) is 10.7. The Morgan fingerprint density at radius 3 is 3.00 bits per heavy atom. The lowest BCUT2D eigenvalue weighted by molar-refractivity contribution is 0.959. The number of halogens is 2. The third kappa shape index (κ3) is 3.30. The van der Waals surface area contributed by atoms with Crippen molar-refractivity contribution in [3.05, 3.63) is 28.8 Å². The van der Waals surface area contributed by atoms with Crippen LogP contribution in [0.5, 0.6) is 0 Å². The maximum atomic E-state index is 6.05. The highest BCUT2D eigenvalue weighted by Gasteiger charge is 2.07. The second-order valence-corrected chi connectivity index (χ2v) is 4.83. The van der Waals surface area contributed by atoms with Crippen LogP contribution in [0.3, 0.4) is 0 Å². The van der Waals surface area contributed by atoms with Gasteiger partial charge in [0.15, 0.2) is 0 Å². The number of aliphatic imine (C=N–C) groups is 1. The van der Waals surface area contributed by atoms with Gasteiger partial charge in [-0.15, -0.1) is 24.2 Å². The summed E-state index contributed by atoms with van der Waals surface area (Å²) in [5, 5.41) is 4.09. The Kier molecular flexibility index (Phi) is 5.46. The Balaban J connectivity index is 0.00000128. The van der Waals surface area contributed by atoms with Gasteiger partial charge in [-0.1, -0.05) is 17.7 Å². The van der Waals surface area contributed by atoms with Crippen molar-refractivity contribution in [3.63, 3.8) is 0 Å². The van der Waals surface area contributed by atoms with Crippen LogP contribution >= 0.6 is 35.8 Å². The maximum Gasteiger partial charge on any atom is 0.107 e. The molecule has 0 unspecified atom stereocenters. The van der Waals surface area contributed by atoms with Crippen molar-refractivity contribution in [2.45, 2.75) is 11.8 Å². The van der Waals surface area contributed by atoms with E-state index in [-0.39, 0.29) is 12.4 Å². The summed E-state index contributed by atoms with van der Waals surface area (Å²) in [6.07, 6.45) is 0. The van der Waals surface area contributed by atoms with Gasteiger partial charge in [-0.25, -0.2) is 0 Å². The van der Waals surface area contributed by atoms with Gasteiger partial charge in [0.2, 0.25) is 0 Å². The molecule has 0 saturated carbocycles. The first kappa shape index (κ1) is 13.7. The van der Waals surface area contributed by atoms with Crippen LogP contribution in [0, 0.1) is 6.92 Å². The molecule has 0 aromatic heterocycles. The van der Waals surface area contributed by atoms with Gasteiger partial charge in [-0.2, -0.15) is 0 Å². The van der Waals surface area contributed by atoms with E-state index in [0.717, 1.165) is 35.3 Å². The molecular weight excluding hydrogens is 263 g/mol. The van der Waals surface area contributed by atoms with E-state index in [9.17, 15) is 0 Å². The van der Waals surface area contributed by atoms with Crippen LogP contribution < -0.4 is 5.32 Å². The summed E-state index contributed by atoms with van der Waals surface area (Å²) in [6, 6.07) is 6.01. The van der Waals surface area contributed by atoms with Crippen LogP contribution in [0.25, 0.3) is 0 Å². The average molecular weight is 277 g/mol. The fourth-order valence-electron chi connectivity index (χ4n) is 1.43. The molecule has 1 aromatic rings. The Hall–Kier alpha value is -0.380. The minimum atomic E-state index is 0. The normalized spacial score (nSPS) is 14.0. The van der Waals surface area contributed by atoms with E-state index in [1.165, 1.54) is 4.90 Å². The van der Waals surface area contributed by atoms with E-state index in [2.05, 4.69) is 23.3 Å². The van der Waals surface area contributed by atoms with E-state index in [4.69, 9.17) is 11.6 Å². The second kappa shape index (κ2) is 6.38. The molecule has 1 aromatic carbocycles. The van der Waals surface area contributed by atoms with Gasteiger partial charge in [0.05, 0.1) is 12.3 Å². The standard InChI is InChI=1S/C11H13ClN2S.ClH/c1-8-9(12)3-2-4-10(8)15-7-11-13-5-6-14-11;/h2-4H,5-7H2,1H3,(H,13,14);1H. The Morgan fingerprint density at radius 1 is 1.50 bits per heavy atom. The monoisotopic (exact) mass is 276 g/mol. The summed E-state index contributed by atoms with van der Waals surface area (Å²) < 4.78 is 0. The molecule has 2 nitrogen and oxygen atoms in total. The fourth-order valence-corrected chi connectivity index (χ4v) is 2.65. The topological polar surface area (TPSA) is 24.4 Å². The molecule has 2 rings (SSSR count). The van der Waals surface area contributed by atoms with Crippen molar-refractivity contribution in [2.24, 2.45) is 4.99 Å². The minimum Gasteiger partial charge on any atom is -0.371 e. The van der Waals surface area contributed by atoms with Crippen molar-refractivity contribution in [3.8, 4) is 0 Å². The van der Waals surface area contributed by atoms with E-state index in [0.29, 0.717) is 0 Å². The third-order valence-corrected chi connectivity index (χ3v) is 3.91. The molecule has 0 radical (unpaired) electrons. The zero-order valence-corrected chi connectivity index (χ0v) is 11.4. The largest absolute Gasteiger partial charge is 0.371 e. The summed E-state index contributed by atoms with van der Waals surface area (Å²) in [4.78, 5) is 5.59. The molecule has 0 amide bonds. The molecule has 0 bridgehead atoms. The van der Waals surface area contributed by atoms with Crippen molar-refractivity contribution < 1.29 is 0 Å². The Labute approximate surface area is 111 Å². The number of benzene rings is 1. The predicted molar refractivity (Wildman–Crippen MR) is 74.5 cm³/mol. The molecule has 5 heteroatoms. The number of hydrogen-bond acceptors (Lipinski definition) is 3. The van der Waals surface area contributed by atoms with Crippen molar-refractivity contribution in [2.75, 3.05) is 18.8 Å². The van der Waals surface area contributed by atoms with Gasteiger partial charge in [-0.3, -0.25) is 4.99 Å². The van der Waals surface area contributed by atoms with Crippen LogP contribution in [0.1, 0.15) is 5.56 Å². The molecule has 0 atom stereocenters. The molecule has 1 heterocycles. The number of amidine groups is 1. The van der Waals surface area contributed by atoms with Crippen LogP contribution in [0.4, 0.5) is 0 Å². The summed E-state index contributed by atoms with van der Waals surface area (Å²) >= 11 is 7.83. The highest BCUT2D eigenvalue weighted by atomic mass is 35.5. The molecule has 0 spiro atoms. The Morgan fingerprint density at radius 2 is 2.31 bits per heavy atom. The highest BCUT2D eigenvalue weighted by molar-refractivity contribution is 8.00. The molecule has 1 aliphatic rings. The van der Waals surface area contributed by atoms with Gasteiger partial charge in [0, 0.05) is 16.5 Å². The maximum absolute atomic E-state index is 6.05. The van der Waals surface area contributed by atoms with Crippen LogP contribution in [0.2, 0.25) is 5.02 Å². The average Bonchev–Trinajstić information content (AvgIpc) is 2.73.